The van der Waals surface area contributed by atoms with E-state index in [2.05, 4.69) is 16.4 Å². The van der Waals surface area contributed by atoms with Gasteiger partial charge in [-0.25, -0.2) is 4.79 Å². The molecule has 2 aliphatic rings. The number of esters is 1. The van der Waals surface area contributed by atoms with Crippen molar-refractivity contribution in [1.29, 1.82) is 0 Å². The lowest BCUT2D eigenvalue weighted by atomic mass is 9.73. The van der Waals surface area contributed by atoms with Crippen LogP contribution >= 0.6 is 0 Å². The van der Waals surface area contributed by atoms with Crippen molar-refractivity contribution in [1.82, 2.24) is 10.3 Å². The van der Waals surface area contributed by atoms with Crippen LogP contribution in [-0.4, -0.2) is 35.8 Å². The molecular formula is C28H38N2O3. The van der Waals surface area contributed by atoms with Crippen LogP contribution in [0.2, 0.25) is 0 Å². The summed E-state index contributed by atoms with van der Waals surface area (Å²) < 4.78 is 5.94. The summed E-state index contributed by atoms with van der Waals surface area (Å²) in [4.78, 5) is 17.8. The normalized spacial score (nSPS) is 20.6. The second kappa shape index (κ2) is 11.8. The summed E-state index contributed by atoms with van der Waals surface area (Å²) in [5, 5.41) is 15.2. The number of carbonyl (C=O) groups is 1. The summed E-state index contributed by atoms with van der Waals surface area (Å²) in [6, 6.07) is 13.4. The molecule has 0 spiro atoms. The average Bonchev–Trinajstić information content (AvgIpc) is 2.90. The van der Waals surface area contributed by atoms with E-state index in [1.807, 2.05) is 42.6 Å². The van der Waals surface area contributed by atoms with Crippen LogP contribution in [0.1, 0.15) is 74.8 Å². The molecule has 1 aliphatic heterocycles. The number of hydrogen-bond acceptors (Lipinski definition) is 5. The first kappa shape index (κ1) is 23.9. The van der Waals surface area contributed by atoms with Gasteiger partial charge in [-0.05, 0) is 74.7 Å². The van der Waals surface area contributed by atoms with Gasteiger partial charge < -0.3 is 15.2 Å². The highest BCUT2D eigenvalue weighted by molar-refractivity contribution is 5.81. The van der Waals surface area contributed by atoms with E-state index in [-0.39, 0.29) is 18.4 Å². The summed E-state index contributed by atoms with van der Waals surface area (Å²) in [5.41, 5.74) is 0.158. The van der Waals surface area contributed by atoms with Gasteiger partial charge in [0, 0.05) is 24.2 Å². The molecule has 2 aromatic rings. The van der Waals surface area contributed by atoms with Gasteiger partial charge >= 0.3 is 5.97 Å². The van der Waals surface area contributed by atoms with Crippen LogP contribution in [-0.2, 0) is 15.1 Å². The SMILES string of the molecule is O=C(OCC(CCC1CCNCC1)c1cccnc1)C(O)(c1ccccc1)C1CCCCC1. The Morgan fingerprint density at radius 2 is 1.82 bits per heavy atom. The summed E-state index contributed by atoms with van der Waals surface area (Å²) in [6.45, 7) is 2.45. The molecule has 1 aromatic heterocycles. The van der Waals surface area contributed by atoms with Crippen molar-refractivity contribution in [2.24, 2.45) is 11.8 Å². The zero-order chi connectivity index (χ0) is 22.9. The smallest absolute Gasteiger partial charge is 0.343 e. The fourth-order valence-electron chi connectivity index (χ4n) is 5.59. The second-order valence-electron chi connectivity index (χ2n) is 9.82. The number of ether oxygens (including phenoxy) is 1. The maximum Gasteiger partial charge on any atom is 0.343 e. The Balaban J connectivity index is 1.48. The first-order valence-corrected chi connectivity index (χ1v) is 12.7. The fourth-order valence-corrected chi connectivity index (χ4v) is 5.59. The maximum atomic E-state index is 13.5. The molecule has 5 heteroatoms. The van der Waals surface area contributed by atoms with Crippen molar-refractivity contribution in [2.45, 2.75) is 69.3 Å². The van der Waals surface area contributed by atoms with E-state index < -0.39 is 11.6 Å². The van der Waals surface area contributed by atoms with Crippen LogP contribution in [0.15, 0.2) is 54.9 Å². The first-order chi connectivity index (χ1) is 16.2. The zero-order valence-electron chi connectivity index (χ0n) is 19.6. The minimum absolute atomic E-state index is 0.0870. The van der Waals surface area contributed by atoms with Crippen LogP contribution in [0, 0.1) is 11.8 Å². The van der Waals surface area contributed by atoms with Crippen LogP contribution in [0.5, 0.6) is 0 Å². The molecule has 1 aromatic carbocycles. The molecule has 178 valence electrons. The minimum Gasteiger partial charge on any atom is -0.463 e. The summed E-state index contributed by atoms with van der Waals surface area (Å²) in [7, 11) is 0. The number of aromatic nitrogens is 1. The standard InChI is InChI=1S/C28H38N2O3/c31-27(28(32,25-9-3-1-4-10-25)26-11-5-2-6-12-26)33-21-24(23-8-7-17-30-20-23)14-13-22-15-18-29-19-16-22/h1,3-4,7-10,17,20,22,24,26,29,32H,2,5-6,11-16,18-19,21H2. The average molecular weight is 451 g/mol. The van der Waals surface area contributed by atoms with Gasteiger partial charge in [-0.1, -0.05) is 55.7 Å². The maximum absolute atomic E-state index is 13.5. The molecule has 2 N–H and O–H groups in total. The molecule has 2 fully saturated rings. The number of carbonyl (C=O) groups excluding carboxylic acids is 1. The predicted molar refractivity (Wildman–Crippen MR) is 130 cm³/mol. The topological polar surface area (TPSA) is 71.5 Å². The van der Waals surface area contributed by atoms with Gasteiger partial charge in [0.05, 0.1) is 6.61 Å². The molecule has 4 rings (SSSR count). The fraction of sp³-hybridized carbons (Fsp3) is 0.571. The molecule has 33 heavy (non-hydrogen) atoms. The summed E-state index contributed by atoms with van der Waals surface area (Å²) in [5.74, 6) is 0.192. The molecule has 0 amide bonds. The second-order valence-corrected chi connectivity index (χ2v) is 9.82. The third-order valence-corrected chi connectivity index (χ3v) is 7.67. The Labute approximate surface area is 198 Å². The third kappa shape index (κ3) is 6.01. The van der Waals surface area contributed by atoms with Gasteiger partial charge in [0.2, 0.25) is 0 Å². The summed E-state index contributed by atoms with van der Waals surface area (Å²) >= 11 is 0. The number of rotatable bonds is 9. The monoisotopic (exact) mass is 450 g/mol. The van der Waals surface area contributed by atoms with E-state index in [4.69, 9.17) is 4.74 Å². The van der Waals surface area contributed by atoms with Crippen molar-refractivity contribution < 1.29 is 14.6 Å². The van der Waals surface area contributed by atoms with E-state index >= 15 is 0 Å². The highest BCUT2D eigenvalue weighted by Crippen LogP contribution is 2.40. The van der Waals surface area contributed by atoms with Gasteiger partial charge in [0.25, 0.3) is 0 Å². The number of benzene rings is 1. The van der Waals surface area contributed by atoms with Gasteiger partial charge in [-0.3, -0.25) is 4.98 Å². The molecule has 2 atom stereocenters. The van der Waals surface area contributed by atoms with Crippen molar-refractivity contribution in [3.8, 4) is 0 Å². The van der Waals surface area contributed by atoms with Crippen LogP contribution in [0.25, 0.3) is 0 Å². The lowest BCUT2D eigenvalue weighted by molar-refractivity contribution is -0.176. The highest BCUT2D eigenvalue weighted by Gasteiger charge is 2.47. The number of piperidine rings is 1. The molecule has 0 radical (unpaired) electrons. The lowest BCUT2D eigenvalue weighted by Crippen LogP contribution is -2.45. The van der Waals surface area contributed by atoms with E-state index in [0.717, 1.165) is 63.6 Å². The Morgan fingerprint density at radius 1 is 1.06 bits per heavy atom. The molecule has 2 unspecified atom stereocenters. The Hall–Kier alpha value is -2.24. The molecular weight excluding hydrogens is 412 g/mol. The van der Waals surface area contributed by atoms with Crippen molar-refractivity contribution in [2.75, 3.05) is 19.7 Å². The van der Waals surface area contributed by atoms with Crippen molar-refractivity contribution in [3.05, 3.63) is 66.0 Å². The Bertz CT molecular complexity index is 848. The van der Waals surface area contributed by atoms with E-state index in [0.29, 0.717) is 11.5 Å². The van der Waals surface area contributed by atoms with Gasteiger partial charge in [0.15, 0.2) is 5.60 Å². The number of hydrogen-bond donors (Lipinski definition) is 2. The van der Waals surface area contributed by atoms with E-state index in [1.54, 1.807) is 6.20 Å². The van der Waals surface area contributed by atoms with Crippen LogP contribution < -0.4 is 5.32 Å². The molecule has 1 saturated carbocycles. The molecule has 2 heterocycles. The van der Waals surface area contributed by atoms with E-state index in [9.17, 15) is 9.90 Å². The number of nitrogens with one attached hydrogen (secondary N) is 1. The molecule has 1 saturated heterocycles. The van der Waals surface area contributed by atoms with Crippen molar-refractivity contribution >= 4 is 5.97 Å². The van der Waals surface area contributed by atoms with Crippen LogP contribution in [0.4, 0.5) is 0 Å². The molecule has 0 bridgehead atoms. The number of aliphatic hydroxyl groups is 1. The van der Waals surface area contributed by atoms with Crippen LogP contribution in [0.3, 0.4) is 0 Å². The third-order valence-electron chi connectivity index (χ3n) is 7.67. The highest BCUT2D eigenvalue weighted by atomic mass is 16.5. The molecule has 1 aliphatic carbocycles. The zero-order valence-corrected chi connectivity index (χ0v) is 19.6. The molecule has 5 nitrogen and oxygen atoms in total. The Morgan fingerprint density at radius 3 is 2.52 bits per heavy atom. The largest absolute Gasteiger partial charge is 0.463 e. The minimum atomic E-state index is -1.59. The number of nitrogens with zero attached hydrogens (tertiary/aromatic N) is 1. The van der Waals surface area contributed by atoms with E-state index in [1.165, 1.54) is 12.8 Å². The lowest BCUT2D eigenvalue weighted by Gasteiger charge is -2.37. The van der Waals surface area contributed by atoms with Crippen molar-refractivity contribution in [3.63, 3.8) is 0 Å². The predicted octanol–water partition coefficient (Wildman–Crippen LogP) is 4.96. The van der Waals surface area contributed by atoms with Gasteiger partial charge in [0.1, 0.15) is 0 Å². The summed E-state index contributed by atoms with van der Waals surface area (Å²) in [6.07, 6.45) is 13.1. The van der Waals surface area contributed by atoms with Gasteiger partial charge in [-0.2, -0.15) is 0 Å². The first-order valence-electron chi connectivity index (χ1n) is 12.7. The van der Waals surface area contributed by atoms with Gasteiger partial charge in [-0.15, -0.1) is 0 Å². The quantitative estimate of drug-likeness (QED) is 0.529. The Kier molecular flexibility index (Phi) is 8.51. The number of pyridine rings is 1.